The fourth-order valence-corrected chi connectivity index (χ4v) is 4.47. The fourth-order valence-electron chi connectivity index (χ4n) is 3.69. The Hall–Kier alpha value is -3.38. The number of nitrogens with zero attached hydrogens (tertiary/aromatic N) is 1. The average molecular weight is 434 g/mol. The molecule has 0 bridgehead atoms. The van der Waals surface area contributed by atoms with Gasteiger partial charge >= 0.3 is 5.97 Å². The van der Waals surface area contributed by atoms with Crippen molar-refractivity contribution in [1.82, 2.24) is 4.57 Å². The molecule has 2 aromatic carbocycles. The standard InChI is InChI=1S/C25H23NO4S/c1-16(2)14-26-23(25(28)29)22(21-9-6-12-31-21)20-13-18(10-11-19(20)24(26)27)30-15-17-7-4-3-5-8-17/h3-13,16H,14-15H2,1-2H3,(H,28,29). The number of aromatic carboxylic acids is 1. The van der Waals surface area contributed by atoms with Gasteiger partial charge < -0.3 is 14.4 Å². The molecule has 0 aliphatic rings. The summed E-state index contributed by atoms with van der Waals surface area (Å²) in [5, 5.41) is 13.1. The molecular weight excluding hydrogens is 410 g/mol. The molecule has 0 spiro atoms. The van der Waals surface area contributed by atoms with Gasteiger partial charge in [-0.25, -0.2) is 4.79 Å². The number of ether oxygens (including phenoxy) is 1. The Morgan fingerprint density at radius 2 is 1.84 bits per heavy atom. The first kappa shape index (κ1) is 20.9. The van der Waals surface area contributed by atoms with Crippen LogP contribution in [0.5, 0.6) is 5.75 Å². The van der Waals surface area contributed by atoms with E-state index in [0.29, 0.717) is 35.2 Å². The maximum Gasteiger partial charge on any atom is 0.353 e. The highest BCUT2D eigenvalue weighted by molar-refractivity contribution is 7.13. The zero-order valence-electron chi connectivity index (χ0n) is 17.4. The molecule has 0 amide bonds. The number of carboxylic acids is 1. The summed E-state index contributed by atoms with van der Waals surface area (Å²) in [6, 6.07) is 18.8. The Balaban J connectivity index is 1.92. The molecule has 2 aromatic heterocycles. The number of fused-ring (bicyclic) bond motifs is 1. The number of benzene rings is 2. The molecule has 6 heteroatoms. The van der Waals surface area contributed by atoms with Crippen LogP contribution in [0.15, 0.2) is 70.8 Å². The SMILES string of the molecule is CC(C)Cn1c(C(=O)O)c(-c2cccs2)c2cc(OCc3ccccc3)ccc2c1=O. The van der Waals surface area contributed by atoms with Crippen LogP contribution in [0.4, 0.5) is 0 Å². The highest BCUT2D eigenvalue weighted by Gasteiger charge is 2.24. The van der Waals surface area contributed by atoms with E-state index < -0.39 is 5.97 Å². The van der Waals surface area contributed by atoms with E-state index in [1.807, 2.05) is 61.7 Å². The summed E-state index contributed by atoms with van der Waals surface area (Å²) in [5.74, 6) is -0.400. The number of carbonyl (C=O) groups is 1. The lowest BCUT2D eigenvalue weighted by Crippen LogP contribution is -2.29. The maximum absolute atomic E-state index is 13.3. The minimum atomic E-state index is -1.11. The third-order valence-electron chi connectivity index (χ3n) is 5.01. The molecule has 0 saturated heterocycles. The Labute approximate surface area is 184 Å². The van der Waals surface area contributed by atoms with Gasteiger partial charge in [0.25, 0.3) is 5.56 Å². The molecule has 0 saturated carbocycles. The van der Waals surface area contributed by atoms with Crippen LogP contribution in [0, 0.1) is 5.92 Å². The quantitative estimate of drug-likeness (QED) is 0.408. The van der Waals surface area contributed by atoms with Crippen molar-refractivity contribution in [1.29, 1.82) is 0 Å². The van der Waals surface area contributed by atoms with Crippen LogP contribution in [0.1, 0.15) is 29.9 Å². The van der Waals surface area contributed by atoms with Crippen LogP contribution >= 0.6 is 11.3 Å². The number of hydrogen-bond donors (Lipinski definition) is 1. The van der Waals surface area contributed by atoms with Gasteiger partial charge in [-0.05, 0) is 41.1 Å². The van der Waals surface area contributed by atoms with Gasteiger partial charge in [0.15, 0.2) is 0 Å². The summed E-state index contributed by atoms with van der Waals surface area (Å²) in [6.45, 7) is 4.65. The van der Waals surface area contributed by atoms with Gasteiger partial charge in [-0.15, -0.1) is 11.3 Å². The zero-order chi connectivity index (χ0) is 22.0. The summed E-state index contributed by atoms with van der Waals surface area (Å²) < 4.78 is 7.35. The van der Waals surface area contributed by atoms with E-state index in [-0.39, 0.29) is 17.2 Å². The van der Waals surface area contributed by atoms with E-state index in [4.69, 9.17) is 4.74 Å². The smallest absolute Gasteiger partial charge is 0.353 e. The molecule has 0 radical (unpaired) electrons. The van der Waals surface area contributed by atoms with E-state index in [0.717, 1.165) is 10.4 Å². The molecule has 31 heavy (non-hydrogen) atoms. The summed E-state index contributed by atoms with van der Waals surface area (Å²) in [4.78, 5) is 26.4. The molecule has 0 aliphatic carbocycles. The van der Waals surface area contributed by atoms with Crippen LogP contribution in [0.2, 0.25) is 0 Å². The average Bonchev–Trinajstić information content (AvgIpc) is 3.28. The van der Waals surface area contributed by atoms with Gasteiger partial charge in [-0.3, -0.25) is 4.79 Å². The molecule has 0 aliphatic heterocycles. The lowest BCUT2D eigenvalue weighted by molar-refractivity contribution is 0.0684. The predicted octanol–water partition coefficient (Wildman–Crippen LogP) is 5.66. The van der Waals surface area contributed by atoms with E-state index in [1.165, 1.54) is 15.9 Å². The summed E-state index contributed by atoms with van der Waals surface area (Å²) in [6.07, 6.45) is 0. The van der Waals surface area contributed by atoms with Crippen molar-refractivity contribution in [3.05, 3.63) is 87.7 Å². The van der Waals surface area contributed by atoms with E-state index in [9.17, 15) is 14.7 Å². The number of rotatable bonds is 7. The largest absolute Gasteiger partial charge is 0.489 e. The van der Waals surface area contributed by atoms with Crippen molar-refractivity contribution in [2.24, 2.45) is 5.92 Å². The van der Waals surface area contributed by atoms with Gasteiger partial charge in [0.05, 0.1) is 0 Å². The first-order valence-electron chi connectivity index (χ1n) is 10.1. The van der Waals surface area contributed by atoms with Crippen molar-refractivity contribution >= 4 is 28.1 Å². The van der Waals surface area contributed by atoms with Crippen LogP contribution in [0.25, 0.3) is 21.2 Å². The number of aromatic nitrogens is 1. The van der Waals surface area contributed by atoms with Crippen LogP contribution < -0.4 is 10.3 Å². The van der Waals surface area contributed by atoms with Crippen LogP contribution in [-0.2, 0) is 13.2 Å². The van der Waals surface area contributed by atoms with Crippen molar-refractivity contribution in [2.45, 2.75) is 27.0 Å². The van der Waals surface area contributed by atoms with Gasteiger partial charge in [-0.2, -0.15) is 0 Å². The molecule has 1 N–H and O–H groups in total. The zero-order valence-corrected chi connectivity index (χ0v) is 18.2. The number of pyridine rings is 1. The Bertz CT molecular complexity index is 1270. The first-order chi connectivity index (χ1) is 15.0. The predicted molar refractivity (Wildman–Crippen MR) is 124 cm³/mol. The number of hydrogen-bond acceptors (Lipinski definition) is 4. The number of carboxylic acid groups (broad SMARTS) is 1. The normalized spacial score (nSPS) is 11.2. The van der Waals surface area contributed by atoms with E-state index >= 15 is 0 Å². The molecular formula is C25H23NO4S. The summed E-state index contributed by atoms with van der Waals surface area (Å²) >= 11 is 1.45. The monoisotopic (exact) mass is 433 g/mol. The molecule has 5 nitrogen and oxygen atoms in total. The summed E-state index contributed by atoms with van der Waals surface area (Å²) in [5.41, 5.74) is 1.31. The van der Waals surface area contributed by atoms with E-state index in [1.54, 1.807) is 18.2 Å². The second-order valence-corrected chi connectivity index (χ2v) is 8.75. The summed E-state index contributed by atoms with van der Waals surface area (Å²) in [7, 11) is 0. The first-order valence-corrected chi connectivity index (χ1v) is 11.0. The third-order valence-corrected chi connectivity index (χ3v) is 5.90. The topological polar surface area (TPSA) is 68.5 Å². The molecule has 4 aromatic rings. The minimum Gasteiger partial charge on any atom is -0.489 e. The van der Waals surface area contributed by atoms with E-state index in [2.05, 4.69) is 0 Å². The van der Waals surface area contributed by atoms with Crippen molar-refractivity contribution in [2.75, 3.05) is 0 Å². The molecule has 2 heterocycles. The Morgan fingerprint density at radius 3 is 2.48 bits per heavy atom. The minimum absolute atomic E-state index is 0.0221. The highest BCUT2D eigenvalue weighted by atomic mass is 32.1. The van der Waals surface area contributed by atoms with Crippen LogP contribution in [0.3, 0.4) is 0 Å². The molecule has 0 unspecified atom stereocenters. The Kier molecular flexibility index (Phi) is 5.91. The lowest BCUT2D eigenvalue weighted by Gasteiger charge is -2.18. The second kappa shape index (κ2) is 8.78. The van der Waals surface area contributed by atoms with Crippen molar-refractivity contribution in [3.8, 4) is 16.2 Å². The molecule has 4 rings (SSSR count). The fraction of sp³-hybridized carbons (Fsp3) is 0.200. The highest BCUT2D eigenvalue weighted by Crippen LogP contribution is 2.36. The third kappa shape index (κ3) is 4.25. The van der Waals surface area contributed by atoms with Crippen molar-refractivity contribution < 1.29 is 14.6 Å². The molecule has 0 fully saturated rings. The molecule has 0 atom stereocenters. The van der Waals surface area contributed by atoms with Gasteiger partial charge in [0.2, 0.25) is 0 Å². The van der Waals surface area contributed by atoms with Gasteiger partial charge in [-0.1, -0.05) is 50.2 Å². The lowest BCUT2D eigenvalue weighted by atomic mass is 10.0. The van der Waals surface area contributed by atoms with Gasteiger partial charge in [0, 0.05) is 27.8 Å². The van der Waals surface area contributed by atoms with Gasteiger partial charge in [0.1, 0.15) is 18.1 Å². The van der Waals surface area contributed by atoms with Crippen molar-refractivity contribution in [3.63, 3.8) is 0 Å². The van der Waals surface area contributed by atoms with Crippen LogP contribution in [-0.4, -0.2) is 15.6 Å². The molecule has 158 valence electrons. The maximum atomic E-state index is 13.3. The number of thiophene rings is 1. The Morgan fingerprint density at radius 1 is 1.06 bits per heavy atom. The second-order valence-electron chi connectivity index (χ2n) is 7.80.